The van der Waals surface area contributed by atoms with E-state index in [1.54, 1.807) is 29.2 Å². The smallest absolute Gasteiger partial charge is 0.246 e. The van der Waals surface area contributed by atoms with Gasteiger partial charge in [-0.2, -0.15) is 0 Å². The first-order chi connectivity index (χ1) is 19.2. The molecule has 0 radical (unpaired) electrons. The highest BCUT2D eigenvalue weighted by atomic mass is 79.9. The van der Waals surface area contributed by atoms with Gasteiger partial charge in [0, 0.05) is 29.2 Å². The number of anilines is 1. The SMILES string of the molecule is CCOc1ccc(NC(=O)[C@H]2[C@H]3C(=O)N(CCCCCO)C(C(=O)NC(C)(C)CC(C)(C)C)C34CC(Br)[C@@H]2O4)cc1. The van der Waals surface area contributed by atoms with E-state index in [2.05, 4.69) is 47.3 Å². The Morgan fingerprint density at radius 3 is 2.41 bits per heavy atom. The highest BCUT2D eigenvalue weighted by molar-refractivity contribution is 9.09. The molecule has 0 aromatic heterocycles. The number of alkyl halides is 1. The van der Waals surface area contributed by atoms with Crippen LogP contribution in [-0.2, 0) is 19.1 Å². The number of carbonyl (C=O) groups is 3. The summed E-state index contributed by atoms with van der Waals surface area (Å²) in [6, 6.07) is 6.28. The monoisotopic (exact) mass is 635 g/mol. The minimum atomic E-state index is -1.10. The molecule has 3 saturated heterocycles. The maximum atomic E-state index is 14.1. The fourth-order valence-corrected chi connectivity index (χ4v) is 8.28. The number of ether oxygens (including phenoxy) is 2. The first-order valence-electron chi connectivity index (χ1n) is 14.8. The van der Waals surface area contributed by atoms with E-state index in [1.807, 2.05) is 20.8 Å². The number of fused-ring (bicyclic) bond motifs is 1. The van der Waals surface area contributed by atoms with Crippen LogP contribution in [-0.4, -0.2) is 75.6 Å². The molecular formula is C31H46BrN3O6. The highest BCUT2D eigenvalue weighted by Gasteiger charge is 2.76. The van der Waals surface area contributed by atoms with Gasteiger partial charge in [0.2, 0.25) is 17.7 Å². The first-order valence-corrected chi connectivity index (χ1v) is 15.7. The molecule has 3 N–H and O–H groups in total. The minimum Gasteiger partial charge on any atom is -0.494 e. The maximum Gasteiger partial charge on any atom is 0.246 e. The fourth-order valence-electron chi connectivity index (χ4n) is 7.34. The standard InChI is InChI=1S/C31H46BrN3O6/c1-7-40-20-13-11-19(12-14-20)33-26(37)22-23-28(39)35(15-9-8-10-16-36)25(31(23)17-21(32)24(22)41-31)27(38)34-30(5,6)18-29(2,3)4/h11-14,21-25,36H,7-10,15-18H2,1-6H3,(H,33,37)(H,34,38)/t21?,22-,23-,24-,25?,31?/m0/s1. The van der Waals surface area contributed by atoms with Crippen LogP contribution in [0.2, 0.25) is 0 Å². The molecule has 0 saturated carbocycles. The lowest BCUT2D eigenvalue weighted by Gasteiger charge is -2.38. The molecule has 3 heterocycles. The van der Waals surface area contributed by atoms with Crippen molar-refractivity contribution in [1.82, 2.24) is 10.2 Å². The van der Waals surface area contributed by atoms with E-state index < -0.39 is 35.1 Å². The number of benzene rings is 1. The van der Waals surface area contributed by atoms with E-state index in [4.69, 9.17) is 9.47 Å². The quantitative estimate of drug-likeness (QED) is 0.233. The number of nitrogens with zero attached hydrogens (tertiary/aromatic N) is 1. The number of nitrogens with one attached hydrogen (secondary N) is 2. The molecule has 3 aliphatic rings. The summed E-state index contributed by atoms with van der Waals surface area (Å²) in [4.78, 5) is 43.5. The summed E-state index contributed by atoms with van der Waals surface area (Å²) in [6.07, 6.45) is 2.69. The largest absolute Gasteiger partial charge is 0.494 e. The number of likely N-dealkylation sites (tertiary alicyclic amines) is 1. The Bertz CT molecular complexity index is 1120. The Morgan fingerprint density at radius 2 is 1.80 bits per heavy atom. The lowest BCUT2D eigenvalue weighted by atomic mass is 9.70. The second-order valence-electron chi connectivity index (χ2n) is 13.5. The lowest BCUT2D eigenvalue weighted by Crippen LogP contribution is -2.59. The number of aliphatic hydroxyl groups excluding tert-OH is 1. The molecule has 2 bridgehead atoms. The zero-order valence-corrected chi connectivity index (χ0v) is 26.8. The van der Waals surface area contributed by atoms with Crippen molar-refractivity contribution in [2.75, 3.05) is 25.1 Å². The molecule has 228 valence electrons. The van der Waals surface area contributed by atoms with Gasteiger partial charge in [-0.15, -0.1) is 0 Å². The third kappa shape index (κ3) is 6.59. The highest BCUT2D eigenvalue weighted by Crippen LogP contribution is 2.60. The second kappa shape index (κ2) is 12.2. The van der Waals surface area contributed by atoms with Crippen LogP contribution < -0.4 is 15.4 Å². The number of unbranched alkanes of at least 4 members (excludes halogenated alkanes) is 2. The Labute approximate surface area is 252 Å². The predicted octanol–water partition coefficient (Wildman–Crippen LogP) is 4.27. The van der Waals surface area contributed by atoms with Crippen molar-refractivity contribution < 1.29 is 29.0 Å². The third-order valence-corrected chi connectivity index (χ3v) is 9.11. The summed E-state index contributed by atoms with van der Waals surface area (Å²) < 4.78 is 12.1. The summed E-state index contributed by atoms with van der Waals surface area (Å²) in [6.45, 7) is 13.3. The van der Waals surface area contributed by atoms with Crippen LogP contribution in [0.25, 0.3) is 0 Å². The zero-order valence-electron chi connectivity index (χ0n) is 25.2. The molecule has 3 amide bonds. The average molecular weight is 637 g/mol. The third-order valence-electron chi connectivity index (χ3n) is 8.26. The molecule has 1 spiro atoms. The molecule has 3 unspecified atom stereocenters. The second-order valence-corrected chi connectivity index (χ2v) is 14.7. The van der Waals surface area contributed by atoms with Gasteiger partial charge < -0.3 is 30.1 Å². The van der Waals surface area contributed by atoms with Gasteiger partial charge in [0.1, 0.15) is 17.4 Å². The van der Waals surface area contributed by atoms with Gasteiger partial charge in [0.15, 0.2) is 0 Å². The van der Waals surface area contributed by atoms with E-state index in [1.165, 1.54) is 0 Å². The minimum absolute atomic E-state index is 0.0135. The first kappa shape index (κ1) is 31.8. The molecule has 4 rings (SSSR count). The van der Waals surface area contributed by atoms with Gasteiger partial charge in [-0.3, -0.25) is 14.4 Å². The normalized spacial score (nSPS) is 29.0. The number of rotatable bonds is 12. The number of hydrogen-bond donors (Lipinski definition) is 3. The van der Waals surface area contributed by atoms with Crippen molar-refractivity contribution in [2.24, 2.45) is 17.3 Å². The molecule has 3 fully saturated rings. The molecule has 6 atom stereocenters. The van der Waals surface area contributed by atoms with E-state index in [0.717, 1.165) is 12.8 Å². The zero-order chi connectivity index (χ0) is 30.2. The average Bonchev–Trinajstić information content (AvgIpc) is 3.44. The van der Waals surface area contributed by atoms with E-state index >= 15 is 0 Å². The lowest BCUT2D eigenvalue weighted by molar-refractivity contribution is -0.142. The van der Waals surface area contributed by atoms with Crippen LogP contribution in [0.5, 0.6) is 5.75 Å². The van der Waals surface area contributed by atoms with Gasteiger partial charge in [-0.25, -0.2) is 0 Å². The van der Waals surface area contributed by atoms with E-state index in [9.17, 15) is 19.5 Å². The Balaban J connectivity index is 1.63. The van der Waals surface area contributed by atoms with Crippen LogP contribution in [0.15, 0.2) is 24.3 Å². The number of aliphatic hydroxyl groups is 1. The molecule has 41 heavy (non-hydrogen) atoms. The summed E-state index contributed by atoms with van der Waals surface area (Å²) in [5, 5.41) is 15.5. The molecule has 1 aromatic carbocycles. The van der Waals surface area contributed by atoms with E-state index in [0.29, 0.717) is 43.9 Å². The van der Waals surface area contributed by atoms with Gasteiger partial charge in [0.25, 0.3) is 0 Å². The summed E-state index contributed by atoms with van der Waals surface area (Å²) in [5.74, 6) is -1.55. The van der Waals surface area contributed by atoms with Crippen molar-refractivity contribution in [3.63, 3.8) is 0 Å². The van der Waals surface area contributed by atoms with Crippen molar-refractivity contribution >= 4 is 39.3 Å². The van der Waals surface area contributed by atoms with Crippen molar-refractivity contribution in [2.45, 2.75) is 102 Å². The van der Waals surface area contributed by atoms with Crippen LogP contribution in [0, 0.1) is 17.3 Å². The number of halogens is 1. The summed E-state index contributed by atoms with van der Waals surface area (Å²) in [5.41, 5.74) is -1.02. The molecule has 0 aliphatic carbocycles. The van der Waals surface area contributed by atoms with Gasteiger partial charge >= 0.3 is 0 Å². The fraction of sp³-hybridized carbons (Fsp3) is 0.710. The Hall–Kier alpha value is -2.17. The van der Waals surface area contributed by atoms with Crippen LogP contribution in [0.1, 0.15) is 73.6 Å². The van der Waals surface area contributed by atoms with Crippen LogP contribution in [0.3, 0.4) is 0 Å². The molecule has 9 nitrogen and oxygen atoms in total. The molecule has 10 heteroatoms. The Morgan fingerprint density at radius 1 is 1.12 bits per heavy atom. The number of carbonyl (C=O) groups excluding carboxylic acids is 3. The van der Waals surface area contributed by atoms with Crippen molar-refractivity contribution in [1.29, 1.82) is 0 Å². The van der Waals surface area contributed by atoms with Gasteiger partial charge in [-0.05, 0) is 82.6 Å². The van der Waals surface area contributed by atoms with Crippen molar-refractivity contribution in [3.05, 3.63) is 24.3 Å². The Kier molecular flexibility index (Phi) is 9.46. The summed E-state index contributed by atoms with van der Waals surface area (Å²) >= 11 is 3.73. The van der Waals surface area contributed by atoms with Gasteiger partial charge in [0.05, 0.1) is 24.5 Å². The molecule has 1 aromatic rings. The summed E-state index contributed by atoms with van der Waals surface area (Å²) in [7, 11) is 0. The topological polar surface area (TPSA) is 117 Å². The maximum absolute atomic E-state index is 14.1. The van der Waals surface area contributed by atoms with Crippen LogP contribution >= 0.6 is 15.9 Å². The molecule has 3 aliphatic heterocycles. The number of amides is 3. The van der Waals surface area contributed by atoms with Gasteiger partial charge in [-0.1, -0.05) is 36.7 Å². The molecular weight excluding hydrogens is 590 g/mol. The van der Waals surface area contributed by atoms with E-state index in [-0.39, 0.29) is 34.6 Å². The predicted molar refractivity (Wildman–Crippen MR) is 161 cm³/mol. The number of hydrogen-bond acceptors (Lipinski definition) is 6. The van der Waals surface area contributed by atoms with Crippen LogP contribution in [0.4, 0.5) is 5.69 Å². The van der Waals surface area contributed by atoms with Crippen molar-refractivity contribution in [3.8, 4) is 5.75 Å².